The molecule has 0 bridgehead atoms. The van der Waals surface area contributed by atoms with E-state index in [4.69, 9.17) is 0 Å². The lowest BCUT2D eigenvalue weighted by atomic mass is 10.2. The molecule has 1 amide bonds. The number of hydrogen-bond acceptors (Lipinski definition) is 2. The van der Waals surface area contributed by atoms with Crippen LogP contribution in [0.2, 0.25) is 0 Å². The zero-order valence-corrected chi connectivity index (χ0v) is 11.2. The van der Waals surface area contributed by atoms with E-state index in [0.717, 1.165) is 0 Å². The Balaban J connectivity index is 2.66. The molecule has 0 aliphatic carbocycles. The van der Waals surface area contributed by atoms with Crippen molar-refractivity contribution in [3.8, 4) is 0 Å². The Hall–Kier alpha value is -1.42. The molecule has 0 spiro atoms. The van der Waals surface area contributed by atoms with E-state index in [9.17, 15) is 9.18 Å². The Morgan fingerprint density at radius 1 is 1.39 bits per heavy atom. The molecule has 0 heterocycles. The van der Waals surface area contributed by atoms with Gasteiger partial charge in [-0.15, -0.1) is 0 Å². The van der Waals surface area contributed by atoms with Gasteiger partial charge >= 0.3 is 0 Å². The molecule has 0 fully saturated rings. The summed E-state index contributed by atoms with van der Waals surface area (Å²) in [7, 11) is 0. The molecule has 18 heavy (non-hydrogen) atoms. The number of hydrogen-bond donors (Lipinski definition) is 1. The van der Waals surface area contributed by atoms with E-state index in [2.05, 4.69) is 5.32 Å². The van der Waals surface area contributed by atoms with Gasteiger partial charge in [-0.25, -0.2) is 4.39 Å². The number of benzene rings is 1. The molecule has 0 unspecified atom stereocenters. The van der Waals surface area contributed by atoms with Crippen molar-refractivity contribution < 1.29 is 9.18 Å². The van der Waals surface area contributed by atoms with Crippen LogP contribution in [0.1, 0.15) is 27.2 Å². The Bertz CT molecular complexity index is 393. The number of amides is 1. The normalized spacial score (nSPS) is 10.7. The Labute approximate surface area is 108 Å². The van der Waals surface area contributed by atoms with Gasteiger partial charge in [0, 0.05) is 25.6 Å². The number of para-hydroxylation sites is 1. The number of rotatable bonds is 6. The number of halogens is 1. The summed E-state index contributed by atoms with van der Waals surface area (Å²) >= 11 is 0. The molecule has 0 aromatic heterocycles. The van der Waals surface area contributed by atoms with E-state index in [1.807, 2.05) is 20.8 Å². The van der Waals surface area contributed by atoms with Crippen molar-refractivity contribution in [2.75, 3.05) is 18.0 Å². The maximum atomic E-state index is 13.6. The molecule has 1 N–H and O–H groups in total. The summed E-state index contributed by atoms with van der Waals surface area (Å²) < 4.78 is 13.6. The third-order valence-corrected chi connectivity index (χ3v) is 2.65. The fourth-order valence-corrected chi connectivity index (χ4v) is 1.75. The van der Waals surface area contributed by atoms with Crippen LogP contribution in [-0.4, -0.2) is 25.0 Å². The number of anilines is 1. The largest absolute Gasteiger partial charge is 0.314 e. The first-order valence-corrected chi connectivity index (χ1v) is 6.34. The minimum Gasteiger partial charge on any atom is -0.314 e. The molecular formula is C14H21FN2O. The van der Waals surface area contributed by atoms with Crippen molar-refractivity contribution in [2.45, 2.75) is 33.2 Å². The van der Waals surface area contributed by atoms with Gasteiger partial charge in [-0.1, -0.05) is 26.0 Å². The van der Waals surface area contributed by atoms with Crippen molar-refractivity contribution in [3.05, 3.63) is 30.1 Å². The molecule has 0 aliphatic rings. The topological polar surface area (TPSA) is 32.3 Å². The highest BCUT2D eigenvalue weighted by molar-refractivity contribution is 5.93. The minimum atomic E-state index is -0.357. The average Bonchev–Trinajstić information content (AvgIpc) is 2.32. The van der Waals surface area contributed by atoms with Gasteiger partial charge in [0.15, 0.2) is 0 Å². The van der Waals surface area contributed by atoms with Crippen LogP contribution in [0.3, 0.4) is 0 Å². The predicted molar refractivity (Wildman–Crippen MR) is 72.2 cm³/mol. The standard InChI is InChI=1S/C14H21FN2O/c1-4-17(13-8-6-5-7-12(13)15)14(18)9-10-16-11(2)3/h5-8,11,16H,4,9-10H2,1-3H3. The summed E-state index contributed by atoms with van der Waals surface area (Å²) in [6.07, 6.45) is 0.375. The molecule has 1 rings (SSSR count). The first kappa shape index (κ1) is 14.6. The predicted octanol–water partition coefficient (Wildman–Crippen LogP) is 2.57. The molecule has 0 saturated heterocycles. The summed E-state index contributed by atoms with van der Waals surface area (Å²) in [4.78, 5) is 13.5. The molecule has 0 atom stereocenters. The van der Waals surface area contributed by atoms with E-state index in [1.54, 1.807) is 18.2 Å². The average molecular weight is 252 g/mol. The van der Waals surface area contributed by atoms with E-state index in [1.165, 1.54) is 11.0 Å². The van der Waals surface area contributed by atoms with Gasteiger partial charge in [0.2, 0.25) is 5.91 Å². The van der Waals surface area contributed by atoms with E-state index >= 15 is 0 Å². The quantitative estimate of drug-likeness (QED) is 0.844. The molecule has 4 heteroatoms. The number of nitrogens with zero attached hydrogens (tertiary/aromatic N) is 1. The fraction of sp³-hybridized carbons (Fsp3) is 0.500. The van der Waals surface area contributed by atoms with Crippen LogP contribution in [0, 0.1) is 5.82 Å². The third-order valence-electron chi connectivity index (χ3n) is 2.65. The molecule has 0 saturated carbocycles. The van der Waals surface area contributed by atoms with Crippen molar-refractivity contribution in [3.63, 3.8) is 0 Å². The van der Waals surface area contributed by atoms with Crippen LogP contribution in [0.4, 0.5) is 10.1 Å². The van der Waals surface area contributed by atoms with Crippen LogP contribution < -0.4 is 10.2 Å². The van der Waals surface area contributed by atoms with Gasteiger partial charge in [-0.3, -0.25) is 4.79 Å². The molecule has 0 radical (unpaired) electrons. The van der Waals surface area contributed by atoms with Gasteiger partial charge < -0.3 is 10.2 Å². The van der Waals surface area contributed by atoms with Gasteiger partial charge in [0.1, 0.15) is 5.82 Å². The zero-order valence-electron chi connectivity index (χ0n) is 11.2. The molecule has 100 valence electrons. The Morgan fingerprint density at radius 2 is 2.06 bits per heavy atom. The molecule has 1 aromatic rings. The second-order valence-corrected chi connectivity index (χ2v) is 4.45. The van der Waals surface area contributed by atoms with Crippen molar-refractivity contribution in [1.29, 1.82) is 0 Å². The van der Waals surface area contributed by atoms with E-state index in [-0.39, 0.29) is 11.7 Å². The highest BCUT2D eigenvalue weighted by Gasteiger charge is 2.16. The molecule has 3 nitrogen and oxygen atoms in total. The SMILES string of the molecule is CCN(C(=O)CCNC(C)C)c1ccccc1F. The summed E-state index contributed by atoms with van der Waals surface area (Å²) in [6.45, 7) is 6.99. The van der Waals surface area contributed by atoms with Crippen molar-refractivity contribution in [1.82, 2.24) is 5.32 Å². The van der Waals surface area contributed by atoms with Gasteiger partial charge in [0.25, 0.3) is 0 Å². The van der Waals surface area contributed by atoms with Crippen molar-refractivity contribution >= 4 is 11.6 Å². The monoisotopic (exact) mass is 252 g/mol. The maximum absolute atomic E-state index is 13.6. The first-order valence-electron chi connectivity index (χ1n) is 6.34. The van der Waals surface area contributed by atoms with Crippen LogP contribution in [-0.2, 0) is 4.79 Å². The minimum absolute atomic E-state index is 0.0595. The highest BCUT2D eigenvalue weighted by Crippen LogP contribution is 2.19. The number of carbonyl (C=O) groups is 1. The lowest BCUT2D eigenvalue weighted by molar-refractivity contribution is -0.118. The van der Waals surface area contributed by atoms with E-state index < -0.39 is 0 Å². The van der Waals surface area contributed by atoms with Gasteiger partial charge in [-0.2, -0.15) is 0 Å². The lowest BCUT2D eigenvalue weighted by Gasteiger charge is -2.22. The number of carbonyl (C=O) groups excluding carboxylic acids is 1. The highest BCUT2D eigenvalue weighted by atomic mass is 19.1. The summed E-state index contributed by atoms with van der Waals surface area (Å²) in [6, 6.07) is 6.71. The van der Waals surface area contributed by atoms with Crippen LogP contribution in [0.15, 0.2) is 24.3 Å². The first-order chi connectivity index (χ1) is 8.56. The lowest BCUT2D eigenvalue weighted by Crippen LogP contribution is -2.35. The summed E-state index contributed by atoms with van der Waals surface area (Å²) in [5.41, 5.74) is 0.356. The second-order valence-electron chi connectivity index (χ2n) is 4.45. The number of nitrogens with one attached hydrogen (secondary N) is 1. The van der Waals surface area contributed by atoms with Crippen LogP contribution in [0.5, 0.6) is 0 Å². The maximum Gasteiger partial charge on any atom is 0.228 e. The van der Waals surface area contributed by atoms with Gasteiger partial charge in [0.05, 0.1) is 5.69 Å². The van der Waals surface area contributed by atoms with Crippen molar-refractivity contribution in [2.24, 2.45) is 0 Å². The molecular weight excluding hydrogens is 231 g/mol. The van der Waals surface area contributed by atoms with Crippen LogP contribution in [0.25, 0.3) is 0 Å². The third kappa shape index (κ3) is 4.11. The van der Waals surface area contributed by atoms with Gasteiger partial charge in [-0.05, 0) is 19.1 Å². The van der Waals surface area contributed by atoms with Crippen LogP contribution >= 0.6 is 0 Å². The van der Waals surface area contributed by atoms with E-state index in [0.29, 0.717) is 31.2 Å². The summed E-state index contributed by atoms with van der Waals surface area (Å²) in [5.74, 6) is -0.416. The second kappa shape index (κ2) is 7.11. The Morgan fingerprint density at radius 3 is 2.61 bits per heavy atom. The summed E-state index contributed by atoms with van der Waals surface area (Å²) in [5, 5.41) is 3.18. The molecule has 0 aliphatic heterocycles. The molecule has 1 aromatic carbocycles. The smallest absolute Gasteiger partial charge is 0.228 e. The fourth-order valence-electron chi connectivity index (χ4n) is 1.75. The zero-order chi connectivity index (χ0) is 13.5. The Kier molecular flexibility index (Phi) is 5.78.